The van der Waals surface area contributed by atoms with E-state index in [4.69, 9.17) is 0 Å². The molecule has 1 aliphatic heterocycles. The van der Waals surface area contributed by atoms with E-state index in [0.717, 1.165) is 17.6 Å². The van der Waals surface area contributed by atoms with E-state index in [0.29, 0.717) is 24.6 Å². The van der Waals surface area contributed by atoms with Crippen molar-refractivity contribution in [2.24, 2.45) is 0 Å². The molecule has 120 valence electrons. The second-order valence-corrected chi connectivity index (χ2v) is 5.63. The number of pyridine rings is 2. The molecule has 4 heterocycles. The Labute approximate surface area is 138 Å². The number of imidazole rings is 1. The first-order chi connectivity index (χ1) is 11.7. The van der Waals surface area contributed by atoms with Gasteiger partial charge in [0.1, 0.15) is 0 Å². The summed E-state index contributed by atoms with van der Waals surface area (Å²) in [5.41, 5.74) is 2.73. The molecule has 0 saturated carbocycles. The van der Waals surface area contributed by atoms with Gasteiger partial charge in [0.15, 0.2) is 0 Å². The van der Waals surface area contributed by atoms with Gasteiger partial charge in [-0.2, -0.15) is 9.38 Å². The fourth-order valence-electron chi connectivity index (χ4n) is 3.04. The van der Waals surface area contributed by atoms with Crippen LogP contribution in [-0.2, 0) is 0 Å². The van der Waals surface area contributed by atoms with E-state index in [-0.39, 0.29) is 10.7 Å². The lowest BCUT2D eigenvalue weighted by Crippen LogP contribution is -2.30. The van der Waals surface area contributed by atoms with Crippen molar-refractivity contribution in [3.63, 3.8) is 0 Å². The predicted molar refractivity (Wildman–Crippen MR) is 90.9 cm³/mol. The molecule has 0 atom stereocenters. The molecule has 3 aromatic heterocycles. The van der Waals surface area contributed by atoms with E-state index in [1.807, 2.05) is 29.3 Å². The molecule has 0 unspecified atom stereocenters. The summed E-state index contributed by atoms with van der Waals surface area (Å²) in [6, 6.07) is 9.26. The number of aromatic nitrogens is 3. The second-order valence-electron chi connectivity index (χ2n) is 5.63. The van der Waals surface area contributed by atoms with Crippen LogP contribution in [0, 0.1) is 10.1 Å². The lowest BCUT2D eigenvalue weighted by molar-refractivity contribution is -0.389. The van der Waals surface area contributed by atoms with Gasteiger partial charge in [0.25, 0.3) is 0 Å². The summed E-state index contributed by atoms with van der Waals surface area (Å²) in [6.45, 7) is 1.28. The minimum absolute atomic E-state index is 0.0121. The van der Waals surface area contributed by atoms with Gasteiger partial charge >= 0.3 is 5.82 Å². The quantitative estimate of drug-likeness (QED) is 0.547. The molecule has 7 heteroatoms. The van der Waals surface area contributed by atoms with Crippen molar-refractivity contribution in [1.82, 2.24) is 14.4 Å². The first kappa shape index (κ1) is 14.4. The molecule has 0 amide bonds. The Morgan fingerprint density at radius 2 is 2.12 bits per heavy atom. The number of hydrogen-bond donors (Lipinski definition) is 0. The van der Waals surface area contributed by atoms with Crippen LogP contribution in [0.15, 0.2) is 55.0 Å². The Hall–Kier alpha value is -3.22. The van der Waals surface area contributed by atoms with Gasteiger partial charge in [-0.15, -0.1) is 0 Å². The molecule has 0 saturated heterocycles. The van der Waals surface area contributed by atoms with Crippen LogP contribution in [0.1, 0.15) is 12.0 Å². The smallest absolute Gasteiger partial charge is 0.358 e. The molecule has 0 bridgehead atoms. The van der Waals surface area contributed by atoms with Crippen LogP contribution in [0.3, 0.4) is 0 Å². The minimum atomic E-state index is -0.364. The summed E-state index contributed by atoms with van der Waals surface area (Å²) in [7, 11) is 0. The Morgan fingerprint density at radius 1 is 1.21 bits per heavy atom. The van der Waals surface area contributed by atoms with Gasteiger partial charge in [-0.05, 0) is 34.6 Å². The van der Waals surface area contributed by atoms with Crippen molar-refractivity contribution in [3.05, 3.63) is 70.7 Å². The first-order valence-corrected chi connectivity index (χ1v) is 7.70. The fourth-order valence-corrected chi connectivity index (χ4v) is 3.04. The largest absolute Gasteiger partial charge is 0.372 e. The molecule has 1 aliphatic rings. The van der Waals surface area contributed by atoms with Crippen molar-refractivity contribution in [1.29, 1.82) is 0 Å². The molecular formula is C17H15N5O2. The lowest BCUT2D eigenvalue weighted by Gasteiger charge is -2.27. The van der Waals surface area contributed by atoms with E-state index in [1.165, 1.54) is 4.40 Å². The molecule has 0 aromatic carbocycles. The Bertz CT molecular complexity index is 933. The highest BCUT2D eigenvalue weighted by Gasteiger charge is 2.28. The lowest BCUT2D eigenvalue weighted by atomic mass is 10.0. The number of nitro groups is 1. The van der Waals surface area contributed by atoms with Gasteiger partial charge < -0.3 is 15.0 Å². The second kappa shape index (κ2) is 5.77. The number of nitrogens with zero attached hydrogens (tertiary/aromatic N) is 5. The molecule has 0 N–H and O–H groups in total. The van der Waals surface area contributed by atoms with E-state index >= 15 is 0 Å². The third-order valence-corrected chi connectivity index (χ3v) is 4.14. The van der Waals surface area contributed by atoms with E-state index < -0.39 is 0 Å². The highest BCUT2D eigenvalue weighted by molar-refractivity contribution is 5.73. The molecule has 24 heavy (non-hydrogen) atoms. The van der Waals surface area contributed by atoms with Crippen LogP contribution >= 0.6 is 0 Å². The van der Waals surface area contributed by atoms with Crippen molar-refractivity contribution in [2.45, 2.75) is 6.42 Å². The normalized spacial score (nSPS) is 14.7. The van der Waals surface area contributed by atoms with Crippen LogP contribution < -0.4 is 4.90 Å². The first-order valence-electron chi connectivity index (χ1n) is 7.70. The summed E-state index contributed by atoms with van der Waals surface area (Å²) in [6.07, 6.45) is 8.20. The summed E-state index contributed by atoms with van der Waals surface area (Å²) < 4.78 is 1.53. The molecule has 0 aliphatic carbocycles. The molecule has 3 aromatic rings. The molecule has 4 rings (SSSR count). The highest BCUT2D eigenvalue weighted by Crippen LogP contribution is 2.32. The average molecular weight is 321 g/mol. The van der Waals surface area contributed by atoms with E-state index in [2.05, 4.69) is 16.0 Å². The zero-order valence-corrected chi connectivity index (χ0v) is 12.9. The number of fused-ring (bicyclic) bond motifs is 1. The molecule has 0 spiro atoms. The maximum absolute atomic E-state index is 11.6. The van der Waals surface area contributed by atoms with Crippen LogP contribution in [0.5, 0.6) is 0 Å². The summed E-state index contributed by atoms with van der Waals surface area (Å²) >= 11 is 0. The zero-order valence-electron chi connectivity index (χ0n) is 12.9. The van der Waals surface area contributed by atoms with Crippen LogP contribution in [0.2, 0.25) is 0 Å². The molecule has 0 radical (unpaired) electrons. The van der Waals surface area contributed by atoms with E-state index in [9.17, 15) is 10.1 Å². The monoisotopic (exact) mass is 321 g/mol. The number of hydrogen-bond acceptors (Lipinski definition) is 5. The summed E-state index contributed by atoms with van der Waals surface area (Å²) in [5.74, 6) is 0.429. The van der Waals surface area contributed by atoms with Crippen LogP contribution in [-0.4, -0.2) is 32.4 Å². The zero-order chi connectivity index (χ0) is 16.5. The van der Waals surface area contributed by atoms with Gasteiger partial charge in [-0.3, -0.25) is 4.98 Å². The van der Waals surface area contributed by atoms with Crippen molar-refractivity contribution < 1.29 is 4.92 Å². The van der Waals surface area contributed by atoms with Gasteiger partial charge in [0.2, 0.25) is 11.5 Å². The number of rotatable bonds is 3. The third kappa shape index (κ3) is 2.40. The Balaban J connectivity index is 1.75. The molecule has 0 fully saturated rings. The van der Waals surface area contributed by atoms with Gasteiger partial charge in [0, 0.05) is 31.5 Å². The van der Waals surface area contributed by atoms with Crippen molar-refractivity contribution >= 4 is 22.9 Å². The minimum Gasteiger partial charge on any atom is -0.358 e. The topological polar surface area (TPSA) is 76.6 Å². The third-order valence-electron chi connectivity index (χ3n) is 4.14. The van der Waals surface area contributed by atoms with Crippen molar-refractivity contribution in [2.75, 3.05) is 18.0 Å². The van der Waals surface area contributed by atoms with Gasteiger partial charge in [-0.25, -0.2) is 0 Å². The molecule has 7 nitrogen and oxygen atoms in total. The van der Waals surface area contributed by atoms with Gasteiger partial charge in [-0.1, -0.05) is 18.2 Å². The van der Waals surface area contributed by atoms with Crippen LogP contribution in [0.25, 0.3) is 11.2 Å². The van der Waals surface area contributed by atoms with Crippen LogP contribution in [0.4, 0.5) is 11.6 Å². The summed E-state index contributed by atoms with van der Waals surface area (Å²) in [4.78, 5) is 21.8. The SMILES string of the molecule is O=[N+]([O-])c1c(N2CCC=C(c3cccnc3)C2)nc2ccccn12. The fraction of sp³-hybridized carbons (Fsp3) is 0.176. The molecular weight excluding hydrogens is 306 g/mol. The summed E-state index contributed by atoms with van der Waals surface area (Å²) in [5, 5.41) is 11.6. The number of anilines is 1. The maximum atomic E-state index is 11.6. The predicted octanol–water partition coefficient (Wildman–Crippen LogP) is 2.93. The van der Waals surface area contributed by atoms with Crippen molar-refractivity contribution in [3.8, 4) is 0 Å². The van der Waals surface area contributed by atoms with E-state index in [1.54, 1.807) is 24.5 Å². The Kier molecular flexibility index (Phi) is 3.45. The highest BCUT2D eigenvalue weighted by atomic mass is 16.6. The Morgan fingerprint density at radius 3 is 2.92 bits per heavy atom. The average Bonchev–Trinajstić information content (AvgIpc) is 3.02. The maximum Gasteiger partial charge on any atom is 0.372 e. The standard InChI is InChI=1S/C17H15N5O2/c23-22(24)17-16(19-15-7-1-2-10-21(15)17)20-9-4-6-14(12-20)13-5-3-8-18-11-13/h1-3,5-8,10-11H,4,9,12H2. The van der Waals surface area contributed by atoms with Gasteiger partial charge in [0.05, 0.1) is 6.20 Å².